The minimum absolute atomic E-state index is 0.547. The second-order valence-corrected chi connectivity index (χ2v) is 4.70. The van der Waals surface area contributed by atoms with Crippen LogP contribution in [0.3, 0.4) is 0 Å². The number of ether oxygens (including phenoxy) is 1. The maximum Gasteiger partial charge on any atom is 0.226 e. The molecule has 1 saturated heterocycles. The third kappa shape index (κ3) is 5.24. The lowest BCUT2D eigenvalue weighted by Gasteiger charge is -2.42. The van der Waals surface area contributed by atoms with Crippen molar-refractivity contribution in [3.63, 3.8) is 0 Å². The molecule has 0 saturated carbocycles. The van der Waals surface area contributed by atoms with Crippen molar-refractivity contribution >= 4 is 11.8 Å². The van der Waals surface area contributed by atoms with E-state index in [1.165, 1.54) is 0 Å². The number of azide groups is 2. The molecule has 14 heteroatoms. The third-order valence-corrected chi connectivity index (χ3v) is 3.15. The maximum absolute atomic E-state index is 11.6. The van der Waals surface area contributed by atoms with E-state index in [1.807, 2.05) is 0 Å². The molecular formula is C10H16N8O6. The summed E-state index contributed by atoms with van der Waals surface area (Å²) in [6.45, 7) is -1.75. The molecule has 1 heterocycles. The van der Waals surface area contributed by atoms with E-state index in [-0.39, 0.29) is 0 Å². The quantitative estimate of drug-likeness (QED) is 0.193. The molecule has 0 radical (unpaired) electrons. The topological polar surface area (TPSA) is 226 Å². The molecule has 0 aliphatic carbocycles. The Morgan fingerprint density at radius 1 is 1.04 bits per heavy atom. The molecule has 1 aliphatic rings. The zero-order valence-electron chi connectivity index (χ0n) is 12.3. The Bertz CT molecular complexity index is 560. The van der Waals surface area contributed by atoms with Gasteiger partial charge in [0.25, 0.3) is 0 Å². The second-order valence-electron chi connectivity index (χ2n) is 4.70. The molecule has 1 unspecified atom stereocenters. The third-order valence-electron chi connectivity index (χ3n) is 3.15. The normalized spacial score (nSPS) is 28.9. The number of carbonyl (C=O) groups excluding carboxylic acids is 2. The van der Waals surface area contributed by atoms with Crippen LogP contribution in [-0.2, 0) is 14.3 Å². The van der Waals surface area contributed by atoms with Gasteiger partial charge in [0.1, 0.15) is 31.3 Å². The number of nitrogens with one attached hydrogen (secondary N) is 2. The van der Waals surface area contributed by atoms with Crippen LogP contribution >= 0.6 is 0 Å². The summed E-state index contributed by atoms with van der Waals surface area (Å²) in [5.74, 6) is -1.55. The number of aliphatic hydroxyl groups excluding tert-OH is 3. The minimum atomic E-state index is -1.67. The van der Waals surface area contributed by atoms with Crippen molar-refractivity contribution in [3.8, 4) is 0 Å². The Labute approximate surface area is 134 Å². The van der Waals surface area contributed by atoms with E-state index in [2.05, 4.69) is 30.7 Å². The molecular weight excluding hydrogens is 328 g/mol. The number of hydrogen-bond acceptors (Lipinski definition) is 8. The van der Waals surface area contributed by atoms with Crippen LogP contribution in [0.5, 0.6) is 0 Å². The molecule has 24 heavy (non-hydrogen) atoms. The van der Waals surface area contributed by atoms with Crippen molar-refractivity contribution in [3.05, 3.63) is 20.9 Å². The number of amides is 2. The van der Waals surface area contributed by atoms with Crippen LogP contribution in [0.2, 0.25) is 0 Å². The number of rotatable bonds is 7. The highest BCUT2D eigenvalue weighted by Crippen LogP contribution is 2.20. The zero-order valence-corrected chi connectivity index (χ0v) is 12.3. The van der Waals surface area contributed by atoms with Crippen LogP contribution in [0.25, 0.3) is 20.9 Å². The summed E-state index contributed by atoms with van der Waals surface area (Å²) in [5.41, 5.74) is 16.3. The highest BCUT2D eigenvalue weighted by molar-refractivity contribution is 5.79. The van der Waals surface area contributed by atoms with Gasteiger partial charge in [0.05, 0.1) is 12.6 Å². The van der Waals surface area contributed by atoms with Crippen molar-refractivity contribution in [1.29, 1.82) is 0 Å². The van der Waals surface area contributed by atoms with Gasteiger partial charge in [0, 0.05) is 9.82 Å². The Morgan fingerprint density at radius 3 is 2.00 bits per heavy atom. The SMILES string of the molecule is [N-]=[N+]=NCC(=O)N[C@H]1[C@H](O)[C@H](NC(=O)CN=[N+]=[N-])C(O)O[C@H]1CO. The van der Waals surface area contributed by atoms with Crippen LogP contribution in [0.15, 0.2) is 10.2 Å². The number of nitrogens with zero attached hydrogens (tertiary/aromatic N) is 6. The standard InChI is InChI=1S/C10H16N8O6/c11-17-13-1-5(20)15-7-4(3-19)24-10(23)8(9(7)22)16-6(21)2-14-18-12/h4,7-10,19,22-23H,1-3H2,(H,15,20)(H,16,21)/t4-,7+,8-,9-,10?/m0/s1. The zero-order chi connectivity index (χ0) is 18.1. The minimum Gasteiger partial charge on any atom is -0.394 e. The summed E-state index contributed by atoms with van der Waals surface area (Å²) >= 11 is 0. The molecule has 1 aliphatic heterocycles. The van der Waals surface area contributed by atoms with Crippen LogP contribution < -0.4 is 10.6 Å². The first kappa shape index (κ1) is 19.4. The average Bonchev–Trinajstić information content (AvgIpc) is 2.57. The van der Waals surface area contributed by atoms with E-state index in [4.69, 9.17) is 15.8 Å². The summed E-state index contributed by atoms with van der Waals surface area (Å²) in [7, 11) is 0. The van der Waals surface area contributed by atoms with Crippen molar-refractivity contribution in [2.24, 2.45) is 10.2 Å². The molecule has 0 aromatic rings. The molecule has 5 N–H and O–H groups in total. The largest absolute Gasteiger partial charge is 0.394 e. The maximum atomic E-state index is 11.6. The van der Waals surface area contributed by atoms with Gasteiger partial charge in [-0.15, -0.1) is 0 Å². The van der Waals surface area contributed by atoms with E-state index in [0.717, 1.165) is 0 Å². The lowest BCUT2D eigenvalue weighted by molar-refractivity contribution is -0.226. The number of aliphatic hydroxyl groups is 3. The smallest absolute Gasteiger partial charge is 0.226 e. The van der Waals surface area contributed by atoms with Gasteiger partial charge in [0.15, 0.2) is 6.29 Å². The predicted octanol–water partition coefficient (Wildman–Crippen LogP) is -2.35. The molecule has 0 bridgehead atoms. The molecule has 1 fully saturated rings. The van der Waals surface area contributed by atoms with Gasteiger partial charge in [-0.2, -0.15) is 0 Å². The monoisotopic (exact) mass is 344 g/mol. The van der Waals surface area contributed by atoms with E-state index in [1.54, 1.807) is 0 Å². The fourth-order valence-corrected chi connectivity index (χ4v) is 2.11. The number of hydrogen-bond donors (Lipinski definition) is 5. The van der Waals surface area contributed by atoms with Gasteiger partial charge in [-0.3, -0.25) is 9.59 Å². The predicted molar refractivity (Wildman–Crippen MR) is 75.9 cm³/mol. The molecule has 132 valence electrons. The molecule has 14 nitrogen and oxygen atoms in total. The Kier molecular flexibility index (Phi) is 7.71. The lowest BCUT2D eigenvalue weighted by atomic mass is 9.94. The van der Waals surface area contributed by atoms with E-state index < -0.39 is 62.1 Å². The van der Waals surface area contributed by atoms with E-state index in [0.29, 0.717) is 0 Å². The van der Waals surface area contributed by atoms with E-state index >= 15 is 0 Å². The summed E-state index contributed by atoms with van der Waals surface area (Å²) in [4.78, 5) is 27.9. The molecule has 2 amide bonds. The summed E-state index contributed by atoms with van der Waals surface area (Å²) < 4.78 is 5.05. The summed E-state index contributed by atoms with van der Waals surface area (Å²) in [6.07, 6.45) is -4.36. The highest BCUT2D eigenvalue weighted by Gasteiger charge is 2.45. The molecule has 5 atom stereocenters. The van der Waals surface area contributed by atoms with Gasteiger partial charge >= 0.3 is 0 Å². The van der Waals surface area contributed by atoms with Crippen molar-refractivity contribution in [1.82, 2.24) is 10.6 Å². The first-order valence-electron chi connectivity index (χ1n) is 6.67. The Hall–Kier alpha value is -2.60. The van der Waals surface area contributed by atoms with Crippen LogP contribution in [0.1, 0.15) is 0 Å². The number of carbonyl (C=O) groups is 2. The van der Waals surface area contributed by atoms with Gasteiger partial charge in [0.2, 0.25) is 11.8 Å². The molecule has 0 aromatic heterocycles. The van der Waals surface area contributed by atoms with Crippen LogP contribution in [-0.4, -0.2) is 77.4 Å². The molecule has 0 aromatic carbocycles. The Morgan fingerprint density at radius 2 is 1.54 bits per heavy atom. The first-order chi connectivity index (χ1) is 11.4. The van der Waals surface area contributed by atoms with Gasteiger partial charge in [-0.25, -0.2) is 0 Å². The first-order valence-corrected chi connectivity index (χ1v) is 6.67. The molecule has 1 rings (SSSR count). The van der Waals surface area contributed by atoms with Crippen molar-refractivity contribution in [2.75, 3.05) is 19.7 Å². The lowest BCUT2D eigenvalue weighted by Crippen LogP contribution is -2.68. The summed E-state index contributed by atoms with van der Waals surface area (Å²) in [6, 6.07) is -2.54. The van der Waals surface area contributed by atoms with E-state index in [9.17, 15) is 24.9 Å². The summed E-state index contributed by atoms with van der Waals surface area (Å²) in [5, 5.41) is 39.9. The highest BCUT2D eigenvalue weighted by atomic mass is 16.6. The van der Waals surface area contributed by atoms with Gasteiger partial charge < -0.3 is 30.7 Å². The fraction of sp³-hybridized carbons (Fsp3) is 0.800. The van der Waals surface area contributed by atoms with Crippen LogP contribution in [0, 0.1) is 0 Å². The average molecular weight is 344 g/mol. The fourth-order valence-electron chi connectivity index (χ4n) is 2.11. The molecule has 0 spiro atoms. The van der Waals surface area contributed by atoms with Gasteiger partial charge in [-0.05, 0) is 11.1 Å². The van der Waals surface area contributed by atoms with Crippen LogP contribution in [0.4, 0.5) is 0 Å². The Balaban J connectivity index is 2.83. The van der Waals surface area contributed by atoms with Gasteiger partial charge in [-0.1, -0.05) is 10.2 Å². The van der Waals surface area contributed by atoms with Crippen molar-refractivity contribution in [2.45, 2.75) is 30.6 Å². The van der Waals surface area contributed by atoms with Crippen molar-refractivity contribution < 1.29 is 29.6 Å². The second kappa shape index (κ2) is 9.52.